The number of benzene rings is 1. The van der Waals surface area contributed by atoms with Gasteiger partial charge in [-0.05, 0) is 56.2 Å². The summed E-state index contributed by atoms with van der Waals surface area (Å²) in [7, 11) is 0. The topological polar surface area (TPSA) is 79.8 Å². The van der Waals surface area contributed by atoms with Gasteiger partial charge in [0.15, 0.2) is 0 Å². The molecule has 1 aromatic heterocycles. The zero-order valence-electron chi connectivity index (χ0n) is 18.3. The summed E-state index contributed by atoms with van der Waals surface area (Å²) in [6, 6.07) is 7.76. The lowest BCUT2D eigenvalue weighted by atomic mass is 10.0. The summed E-state index contributed by atoms with van der Waals surface area (Å²) in [5, 5.41) is 0.278. The third kappa shape index (κ3) is 5.64. The number of pyridine rings is 1. The molecule has 1 fully saturated rings. The molecule has 1 aromatic carbocycles. The number of carbonyl (C=O) groups is 3. The molecule has 0 unspecified atom stereocenters. The van der Waals surface area contributed by atoms with Gasteiger partial charge in [-0.2, -0.15) is 13.2 Å². The zero-order chi connectivity index (χ0) is 25.1. The monoisotopic (exact) mass is 515 g/mol. The van der Waals surface area contributed by atoms with Crippen LogP contribution in [0.4, 0.5) is 23.7 Å². The molecule has 0 radical (unpaired) electrons. The standard InChI is InChI=1S/C22H21ClF3N3O4S/c1-21(2)18(30)29(20(32)28(21)13-14-6-8-27-9-7-14)15-4-5-17(16(23)12-15)34-11-3-10-33-19(31)22(24,25)26/h4-9,12H,3,10-11,13H2,1-2H3. The summed E-state index contributed by atoms with van der Waals surface area (Å²) < 4.78 is 40.5. The van der Waals surface area contributed by atoms with Crippen LogP contribution in [0, 0.1) is 0 Å². The van der Waals surface area contributed by atoms with Crippen molar-refractivity contribution in [3.63, 3.8) is 0 Å². The van der Waals surface area contributed by atoms with Crippen LogP contribution in [-0.4, -0.2) is 51.9 Å². The van der Waals surface area contributed by atoms with E-state index in [-0.39, 0.29) is 24.6 Å². The van der Waals surface area contributed by atoms with Crippen LogP contribution in [0.25, 0.3) is 0 Å². The predicted octanol–water partition coefficient (Wildman–Crippen LogP) is 5.07. The Morgan fingerprint density at radius 2 is 1.85 bits per heavy atom. The van der Waals surface area contributed by atoms with E-state index in [0.29, 0.717) is 16.3 Å². The van der Waals surface area contributed by atoms with Gasteiger partial charge < -0.3 is 9.64 Å². The minimum Gasteiger partial charge on any atom is -0.459 e. The SMILES string of the molecule is CC1(C)C(=O)N(c2ccc(SCCCOC(=O)C(F)(F)F)c(Cl)c2)C(=O)N1Cc1ccncc1. The molecule has 0 aliphatic carbocycles. The van der Waals surface area contributed by atoms with Crippen LogP contribution in [0.2, 0.25) is 5.02 Å². The van der Waals surface area contributed by atoms with Crippen molar-refractivity contribution in [2.24, 2.45) is 0 Å². The van der Waals surface area contributed by atoms with Gasteiger partial charge in [-0.25, -0.2) is 14.5 Å². The van der Waals surface area contributed by atoms with Gasteiger partial charge in [0.1, 0.15) is 5.54 Å². The lowest BCUT2D eigenvalue weighted by Crippen LogP contribution is -2.43. The number of ether oxygens (including phenoxy) is 1. The highest BCUT2D eigenvalue weighted by molar-refractivity contribution is 7.99. The van der Waals surface area contributed by atoms with Crippen molar-refractivity contribution in [2.45, 2.75) is 43.4 Å². The van der Waals surface area contributed by atoms with E-state index in [2.05, 4.69) is 9.72 Å². The summed E-state index contributed by atoms with van der Waals surface area (Å²) in [4.78, 5) is 44.1. The van der Waals surface area contributed by atoms with Crippen LogP contribution in [-0.2, 0) is 20.9 Å². The van der Waals surface area contributed by atoms with Gasteiger partial charge >= 0.3 is 18.2 Å². The molecule has 0 N–H and O–H groups in total. The highest BCUT2D eigenvalue weighted by Crippen LogP contribution is 2.37. The maximum atomic E-state index is 13.1. The predicted molar refractivity (Wildman–Crippen MR) is 121 cm³/mol. The number of urea groups is 1. The maximum Gasteiger partial charge on any atom is 0.490 e. The Hall–Kier alpha value is -2.79. The van der Waals surface area contributed by atoms with E-state index in [1.54, 1.807) is 50.5 Å². The Kier molecular flexibility index (Phi) is 7.77. The number of amides is 3. The summed E-state index contributed by atoms with van der Waals surface area (Å²) in [5.74, 6) is -2.27. The van der Waals surface area contributed by atoms with Crippen molar-refractivity contribution < 1.29 is 32.3 Å². The number of imide groups is 1. The molecule has 1 saturated heterocycles. The van der Waals surface area contributed by atoms with E-state index in [9.17, 15) is 27.6 Å². The maximum absolute atomic E-state index is 13.1. The van der Waals surface area contributed by atoms with Crippen molar-refractivity contribution in [1.82, 2.24) is 9.88 Å². The number of hydrogen-bond donors (Lipinski definition) is 0. The molecule has 2 heterocycles. The molecule has 3 rings (SSSR count). The first-order valence-electron chi connectivity index (χ1n) is 10.1. The minimum atomic E-state index is -5.01. The number of rotatable bonds is 8. The van der Waals surface area contributed by atoms with Crippen LogP contribution in [0.1, 0.15) is 25.8 Å². The third-order valence-electron chi connectivity index (χ3n) is 5.10. The average Bonchev–Trinajstić information content (AvgIpc) is 2.94. The molecule has 3 amide bonds. The second-order valence-electron chi connectivity index (χ2n) is 7.87. The number of hydrogen-bond acceptors (Lipinski definition) is 6. The molecule has 34 heavy (non-hydrogen) atoms. The van der Waals surface area contributed by atoms with Gasteiger partial charge in [-0.1, -0.05) is 11.6 Å². The number of carbonyl (C=O) groups excluding carboxylic acids is 3. The fraction of sp³-hybridized carbons (Fsp3) is 0.364. The van der Waals surface area contributed by atoms with Crippen LogP contribution in [0.3, 0.4) is 0 Å². The van der Waals surface area contributed by atoms with Gasteiger partial charge in [-0.3, -0.25) is 9.78 Å². The molecule has 1 aliphatic rings. The van der Waals surface area contributed by atoms with E-state index in [1.165, 1.54) is 22.7 Å². The number of anilines is 1. The van der Waals surface area contributed by atoms with Gasteiger partial charge in [0.05, 0.1) is 17.3 Å². The van der Waals surface area contributed by atoms with Crippen LogP contribution in [0.15, 0.2) is 47.6 Å². The van der Waals surface area contributed by atoms with Crippen molar-refractivity contribution in [1.29, 1.82) is 0 Å². The average molecular weight is 516 g/mol. The van der Waals surface area contributed by atoms with Crippen LogP contribution >= 0.6 is 23.4 Å². The quantitative estimate of drug-likeness (QED) is 0.211. The van der Waals surface area contributed by atoms with E-state index < -0.39 is 29.6 Å². The number of aromatic nitrogens is 1. The fourth-order valence-electron chi connectivity index (χ4n) is 3.23. The summed E-state index contributed by atoms with van der Waals surface area (Å²) >= 11 is 7.59. The van der Waals surface area contributed by atoms with Gasteiger partial charge in [0, 0.05) is 29.6 Å². The molecule has 0 saturated carbocycles. The summed E-state index contributed by atoms with van der Waals surface area (Å²) in [5.41, 5.74) is 0.0687. The molecule has 7 nitrogen and oxygen atoms in total. The fourth-order valence-corrected chi connectivity index (χ4v) is 4.41. The minimum absolute atomic E-state index is 0.186. The van der Waals surface area contributed by atoms with Crippen molar-refractivity contribution in [2.75, 3.05) is 17.3 Å². The van der Waals surface area contributed by atoms with E-state index >= 15 is 0 Å². The molecule has 12 heteroatoms. The van der Waals surface area contributed by atoms with Crippen molar-refractivity contribution >= 4 is 47.0 Å². The number of esters is 1. The molecule has 182 valence electrons. The van der Waals surface area contributed by atoms with Crippen molar-refractivity contribution in [3.8, 4) is 0 Å². The highest BCUT2D eigenvalue weighted by atomic mass is 35.5. The Balaban J connectivity index is 1.65. The molecule has 0 bridgehead atoms. The second-order valence-corrected chi connectivity index (χ2v) is 9.42. The molecular weight excluding hydrogens is 495 g/mol. The first-order valence-corrected chi connectivity index (χ1v) is 11.5. The van der Waals surface area contributed by atoms with Gasteiger partial charge in [0.2, 0.25) is 0 Å². The first-order chi connectivity index (χ1) is 15.9. The smallest absolute Gasteiger partial charge is 0.459 e. The van der Waals surface area contributed by atoms with Crippen LogP contribution < -0.4 is 4.90 Å². The number of thioether (sulfide) groups is 1. The van der Waals surface area contributed by atoms with Crippen molar-refractivity contribution in [3.05, 3.63) is 53.3 Å². The Morgan fingerprint density at radius 3 is 2.47 bits per heavy atom. The second kappa shape index (κ2) is 10.2. The molecule has 2 aromatic rings. The van der Waals surface area contributed by atoms with Crippen LogP contribution in [0.5, 0.6) is 0 Å². The third-order valence-corrected chi connectivity index (χ3v) is 6.68. The highest BCUT2D eigenvalue weighted by Gasteiger charge is 2.51. The number of nitrogens with zero attached hydrogens (tertiary/aromatic N) is 3. The van der Waals surface area contributed by atoms with Gasteiger partial charge in [-0.15, -0.1) is 11.8 Å². The largest absolute Gasteiger partial charge is 0.490 e. The van der Waals surface area contributed by atoms with E-state index in [1.807, 2.05) is 0 Å². The Labute approximate surface area is 203 Å². The molecule has 1 aliphatic heterocycles. The summed E-state index contributed by atoms with van der Waals surface area (Å²) in [6.07, 6.45) is -1.61. The summed E-state index contributed by atoms with van der Waals surface area (Å²) in [6.45, 7) is 3.20. The number of alkyl halides is 3. The van der Waals surface area contributed by atoms with E-state index in [4.69, 9.17) is 11.6 Å². The van der Waals surface area contributed by atoms with Gasteiger partial charge in [0.25, 0.3) is 5.91 Å². The van der Waals surface area contributed by atoms with E-state index in [0.717, 1.165) is 10.5 Å². The first kappa shape index (κ1) is 25.8. The molecular formula is C22H21ClF3N3O4S. The lowest BCUT2D eigenvalue weighted by Gasteiger charge is -2.27. The Morgan fingerprint density at radius 1 is 1.18 bits per heavy atom. The lowest BCUT2D eigenvalue weighted by molar-refractivity contribution is -0.199. The molecule has 0 spiro atoms. The molecule has 0 atom stereocenters. The zero-order valence-corrected chi connectivity index (χ0v) is 19.8. The Bertz CT molecular complexity index is 1080. The number of halogens is 4. The normalized spacial score (nSPS) is 15.7.